The van der Waals surface area contributed by atoms with Crippen LogP contribution in [-0.2, 0) is 0 Å². The third kappa shape index (κ3) is 2.26. The van der Waals surface area contributed by atoms with Crippen LogP contribution in [-0.4, -0.2) is 44.8 Å². The molecule has 0 aromatic rings. The topological polar surface area (TPSA) is 80.9 Å². The highest BCUT2D eigenvalue weighted by Gasteiger charge is 2.63. The zero-order valence-corrected chi connectivity index (χ0v) is 15.5. The van der Waals surface area contributed by atoms with Gasteiger partial charge in [0, 0.05) is 10.8 Å². The first kappa shape index (κ1) is 18.4. The van der Waals surface area contributed by atoms with Crippen molar-refractivity contribution in [3.8, 4) is 0 Å². The summed E-state index contributed by atoms with van der Waals surface area (Å²) in [6.45, 7) is 8.20. The number of aliphatic hydroxyl groups excluding tert-OH is 3. The molecule has 0 amide bonds. The quantitative estimate of drug-likeness (QED) is 0.583. The highest BCUT2D eigenvalue weighted by atomic mass is 16.3. The molecule has 3 aliphatic rings. The van der Waals surface area contributed by atoms with E-state index in [1.54, 1.807) is 0 Å². The van der Waals surface area contributed by atoms with Crippen LogP contribution in [0.1, 0.15) is 66.2 Å². The summed E-state index contributed by atoms with van der Waals surface area (Å²) in [4.78, 5) is 0. The molecule has 138 valence electrons. The molecule has 4 heteroatoms. The van der Waals surface area contributed by atoms with Gasteiger partial charge in [-0.1, -0.05) is 33.8 Å². The first-order chi connectivity index (χ1) is 11.0. The maximum absolute atomic E-state index is 11.8. The van der Waals surface area contributed by atoms with Crippen LogP contribution in [0.2, 0.25) is 0 Å². The minimum atomic E-state index is -0.859. The van der Waals surface area contributed by atoms with Gasteiger partial charge in [-0.3, -0.25) is 0 Å². The van der Waals surface area contributed by atoms with Crippen molar-refractivity contribution in [2.75, 3.05) is 6.61 Å². The van der Waals surface area contributed by atoms with E-state index in [0.29, 0.717) is 12.8 Å². The van der Waals surface area contributed by atoms with Crippen LogP contribution in [0.5, 0.6) is 0 Å². The lowest BCUT2D eigenvalue weighted by Gasteiger charge is -2.64. The summed E-state index contributed by atoms with van der Waals surface area (Å²) in [5, 5.41) is 41.9. The summed E-state index contributed by atoms with van der Waals surface area (Å²) in [6, 6.07) is 0. The summed E-state index contributed by atoms with van der Waals surface area (Å²) >= 11 is 0. The number of fused-ring (bicyclic) bond motifs is 3. The highest BCUT2D eigenvalue weighted by molar-refractivity contribution is 5.33. The predicted molar refractivity (Wildman–Crippen MR) is 93.3 cm³/mol. The van der Waals surface area contributed by atoms with Gasteiger partial charge in [-0.25, -0.2) is 0 Å². The zero-order valence-electron chi connectivity index (χ0n) is 15.5. The normalized spacial score (nSPS) is 48.9. The molecule has 3 aliphatic carbocycles. The van der Waals surface area contributed by atoms with Crippen molar-refractivity contribution in [2.45, 2.75) is 84.0 Å². The van der Waals surface area contributed by atoms with Crippen molar-refractivity contribution in [3.63, 3.8) is 0 Å². The van der Waals surface area contributed by atoms with Crippen LogP contribution < -0.4 is 0 Å². The number of aliphatic hydroxyl groups is 4. The largest absolute Gasteiger partial charge is 0.394 e. The highest BCUT2D eigenvalue weighted by Crippen LogP contribution is 2.65. The van der Waals surface area contributed by atoms with E-state index in [1.807, 2.05) is 6.92 Å². The van der Waals surface area contributed by atoms with Crippen LogP contribution in [0.15, 0.2) is 11.6 Å². The van der Waals surface area contributed by atoms with Crippen LogP contribution in [0.3, 0.4) is 0 Å². The zero-order chi connectivity index (χ0) is 18.0. The molecule has 4 nitrogen and oxygen atoms in total. The molecule has 0 unspecified atom stereocenters. The Balaban J connectivity index is 2.02. The van der Waals surface area contributed by atoms with Gasteiger partial charge in [0.15, 0.2) is 0 Å². The second-order valence-corrected chi connectivity index (χ2v) is 9.62. The van der Waals surface area contributed by atoms with Crippen molar-refractivity contribution >= 4 is 0 Å². The molecule has 24 heavy (non-hydrogen) atoms. The standard InChI is InChI=1S/C20H34O4/c1-17(2)14-6-5-13-11-18(3,16(23)12-21)9-10-20(13,24)19(14,4)8-7-15(17)22/h11,14-16,21-24H,5-10,12H2,1-4H3/t14-,15-,16+,18+,19-,20+/m1/s1. The van der Waals surface area contributed by atoms with Gasteiger partial charge in [-0.2, -0.15) is 0 Å². The molecule has 2 saturated carbocycles. The fraction of sp³-hybridized carbons (Fsp3) is 0.900. The van der Waals surface area contributed by atoms with Crippen LogP contribution in [0, 0.1) is 22.2 Å². The lowest BCUT2D eigenvalue weighted by molar-refractivity contribution is -0.195. The van der Waals surface area contributed by atoms with E-state index in [0.717, 1.165) is 31.3 Å². The van der Waals surface area contributed by atoms with Crippen LogP contribution in [0.4, 0.5) is 0 Å². The van der Waals surface area contributed by atoms with E-state index in [4.69, 9.17) is 0 Å². The Morgan fingerprint density at radius 3 is 2.42 bits per heavy atom. The average Bonchev–Trinajstić information content (AvgIpc) is 2.52. The summed E-state index contributed by atoms with van der Waals surface area (Å²) in [6.07, 6.45) is 5.56. The third-order valence-corrected chi connectivity index (χ3v) is 8.11. The van der Waals surface area contributed by atoms with Gasteiger partial charge in [0.05, 0.1) is 24.4 Å². The molecule has 3 rings (SSSR count). The third-order valence-electron chi connectivity index (χ3n) is 8.11. The maximum Gasteiger partial charge on any atom is 0.0913 e. The predicted octanol–water partition coefficient (Wildman–Crippen LogP) is 2.39. The first-order valence-electron chi connectivity index (χ1n) is 9.43. The Morgan fingerprint density at radius 1 is 1.12 bits per heavy atom. The molecule has 0 aliphatic heterocycles. The van der Waals surface area contributed by atoms with Gasteiger partial charge < -0.3 is 20.4 Å². The van der Waals surface area contributed by atoms with Crippen molar-refractivity contribution in [1.82, 2.24) is 0 Å². The molecule has 0 aromatic heterocycles. The molecular weight excluding hydrogens is 304 g/mol. The molecule has 0 radical (unpaired) electrons. The summed E-state index contributed by atoms with van der Waals surface area (Å²) in [5.74, 6) is 0.281. The Labute approximate surface area is 145 Å². The van der Waals surface area contributed by atoms with E-state index in [-0.39, 0.29) is 29.5 Å². The number of hydrogen-bond acceptors (Lipinski definition) is 4. The van der Waals surface area contributed by atoms with Gasteiger partial charge in [-0.05, 0) is 55.4 Å². The molecule has 6 atom stereocenters. The SMILES string of the molecule is CC1(C)[C@H](O)CC[C@]2(C)[C@@H]1CCC1=C[C@@](C)([C@@H](O)CO)CC[C@]12O. The average molecular weight is 338 g/mol. The molecule has 0 spiro atoms. The van der Waals surface area contributed by atoms with Crippen molar-refractivity contribution in [2.24, 2.45) is 22.2 Å². The van der Waals surface area contributed by atoms with E-state index in [1.165, 1.54) is 0 Å². The van der Waals surface area contributed by atoms with Crippen molar-refractivity contribution in [1.29, 1.82) is 0 Å². The van der Waals surface area contributed by atoms with Gasteiger partial charge in [-0.15, -0.1) is 0 Å². The van der Waals surface area contributed by atoms with Crippen LogP contribution in [0.25, 0.3) is 0 Å². The Hall–Kier alpha value is -0.420. The minimum absolute atomic E-state index is 0.195. The fourth-order valence-electron chi connectivity index (χ4n) is 6.12. The molecular formula is C20H34O4. The fourth-order valence-corrected chi connectivity index (χ4v) is 6.12. The van der Waals surface area contributed by atoms with Gasteiger partial charge in [0.25, 0.3) is 0 Å². The van der Waals surface area contributed by atoms with Gasteiger partial charge in [0.1, 0.15) is 0 Å². The Bertz CT molecular complexity index is 542. The molecule has 0 bridgehead atoms. The smallest absolute Gasteiger partial charge is 0.0913 e. The number of rotatable bonds is 2. The van der Waals surface area contributed by atoms with E-state index < -0.39 is 17.1 Å². The molecule has 0 aromatic carbocycles. The first-order valence-corrected chi connectivity index (χ1v) is 9.43. The Kier molecular flexibility index (Phi) is 4.24. The Morgan fingerprint density at radius 2 is 1.79 bits per heavy atom. The molecule has 0 saturated heterocycles. The summed E-state index contributed by atoms with van der Waals surface area (Å²) < 4.78 is 0. The van der Waals surface area contributed by atoms with Gasteiger partial charge in [0.2, 0.25) is 0 Å². The van der Waals surface area contributed by atoms with Crippen LogP contribution >= 0.6 is 0 Å². The summed E-state index contributed by atoms with van der Waals surface area (Å²) in [5.41, 5.74) is -0.731. The second kappa shape index (κ2) is 5.54. The molecule has 4 N–H and O–H groups in total. The monoisotopic (exact) mass is 338 g/mol. The van der Waals surface area contributed by atoms with E-state index in [9.17, 15) is 20.4 Å². The second-order valence-electron chi connectivity index (χ2n) is 9.62. The minimum Gasteiger partial charge on any atom is -0.394 e. The number of hydrogen-bond donors (Lipinski definition) is 4. The van der Waals surface area contributed by atoms with E-state index in [2.05, 4.69) is 26.8 Å². The maximum atomic E-state index is 11.8. The molecule has 0 heterocycles. The van der Waals surface area contributed by atoms with E-state index >= 15 is 0 Å². The summed E-state index contributed by atoms with van der Waals surface area (Å²) in [7, 11) is 0. The van der Waals surface area contributed by atoms with Crippen molar-refractivity contribution in [3.05, 3.63) is 11.6 Å². The lowest BCUT2D eigenvalue weighted by Crippen LogP contribution is -2.64. The van der Waals surface area contributed by atoms with Crippen molar-refractivity contribution < 1.29 is 20.4 Å². The van der Waals surface area contributed by atoms with Gasteiger partial charge >= 0.3 is 0 Å². The lowest BCUT2D eigenvalue weighted by atomic mass is 9.43. The molecule has 2 fully saturated rings.